The predicted molar refractivity (Wildman–Crippen MR) is 95.7 cm³/mol. The lowest BCUT2D eigenvalue weighted by Crippen LogP contribution is -2.32. The van der Waals surface area contributed by atoms with Gasteiger partial charge in [-0.3, -0.25) is 0 Å². The van der Waals surface area contributed by atoms with Gasteiger partial charge in [0.05, 0.1) is 36.5 Å². The van der Waals surface area contributed by atoms with Crippen LogP contribution >= 0.6 is 0 Å². The predicted octanol–water partition coefficient (Wildman–Crippen LogP) is 2.61. The maximum atomic E-state index is 5.75. The summed E-state index contributed by atoms with van der Waals surface area (Å²) >= 11 is 0. The third kappa shape index (κ3) is 3.23. The number of nitrogens with one attached hydrogen (secondary N) is 1. The number of imidazole rings is 1. The van der Waals surface area contributed by atoms with Gasteiger partial charge < -0.3 is 19.4 Å². The zero-order valence-corrected chi connectivity index (χ0v) is 14.5. The SMILES string of the molecule is COc1cccc(CNCC2COCc3nc4cc(C)ccc4n32)n1. The summed E-state index contributed by atoms with van der Waals surface area (Å²) in [6.07, 6.45) is 0. The number of aromatic nitrogens is 3. The smallest absolute Gasteiger partial charge is 0.213 e. The van der Waals surface area contributed by atoms with Crippen molar-refractivity contribution >= 4 is 11.0 Å². The van der Waals surface area contributed by atoms with Crippen LogP contribution in [0.1, 0.15) is 23.1 Å². The number of methoxy groups -OCH3 is 1. The molecule has 0 saturated carbocycles. The zero-order chi connectivity index (χ0) is 17.2. The minimum Gasteiger partial charge on any atom is -0.481 e. The first kappa shape index (κ1) is 16.1. The number of fused-ring (bicyclic) bond motifs is 3. The van der Waals surface area contributed by atoms with Crippen molar-refractivity contribution < 1.29 is 9.47 Å². The van der Waals surface area contributed by atoms with Crippen molar-refractivity contribution in [3.8, 4) is 5.88 Å². The Labute approximate surface area is 146 Å². The van der Waals surface area contributed by atoms with Crippen molar-refractivity contribution in [2.45, 2.75) is 26.1 Å². The normalized spacial score (nSPS) is 16.8. The molecule has 25 heavy (non-hydrogen) atoms. The summed E-state index contributed by atoms with van der Waals surface area (Å²) in [6, 6.07) is 12.4. The number of hydrogen-bond acceptors (Lipinski definition) is 5. The van der Waals surface area contributed by atoms with E-state index in [2.05, 4.69) is 40.0 Å². The molecule has 3 aromatic rings. The van der Waals surface area contributed by atoms with Crippen molar-refractivity contribution in [3.05, 3.63) is 53.5 Å². The second-order valence-electron chi connectivity index (χ2n) is 6.36. The van der Waals surface area contributed by atoms with Crippen molar-refractivity contribution in [2.24, 2.45) is 0 Å². The van der Waals surface area contributed by atoms with Crippen LogP contribution < -0.4 is 10.1 Å². The fourth-order valence-corrected chi connectivity index (χ4v) is 3.32. The first-order valence-electron chi connectivity index (χ1n) is 8.50. The molecule has 1 aliphatic heterocycles. The van der Waals surface area contributed by atoms with Gasteiger partial charge in [0, 0.05) is 19.2 Å². The van der Waals surface area contributed by atoms with Gasteiger partial charge in [-0.2, -0.15) is 0 Å². The minimum absolute atomic E-state index is 0.224. The Kier molecular flexibility index (Phi) is 4.38. The van der Waals surface area contributed by atoms with E-state index >= 15 is 0 Å². The molecule has 3 heterocycles. The molecular formula is C19H22N4O2. The van der Waals surface area contributed by atoms with Crippen molar-refractivity contribution in [1.82, 2.24) is 19.9 Å². The standard InChI is InChI=1S/C19H22N4O2/c1-13-6-7-17-16(8-13)22-18-12-25-11-15(23(17)18)10-20-9-14-4-3-5-19(21-14)24-2/h3-8,15,20H,9-12H2,1-2H3. The molecule has 1 aromatic carbocycles. The highest BCUT2D eigenvalue weighted by molar-refractivity contribution is 5.77. The van der Waals surface area contributed by atoms with Gasteiger partial charge >= 0.3 is 0 Å². The third-order valence-electron chi connectivity index (χ3n) is 4.50. The Morgan fingerprint density at radius 2 is 2.20 bits per heavy atom. The number of nitrogens with zero attached hydrogens (tertiary/aromatic N) is 3. The molecule has 0 bridgehead atoms. The van der Waals surface area contributed by atoms with Gasteiger partial charge in [0.15, 0.2) is 0 Å². The fraction of sp³-hybridized carbons (Fsp3) is 0.368. The molecule has 0 radical (unpaired) electrons. The molecule has 2 aromatic heterocycles. The molecule has 6 heteroatoms. The minimum atomic E-state index is 0.224. The average Bonchev–Trinajstić information content (AvgIpc) is 3.00. The van der Waals surface area contributed by atoms with Gasteiger partial charge in [0.25, 0.3) is 0 Å². The zero-order valence-electron chi connectivity index (χ0n) is 14.5. The van der Waals surface area contributed by atoms with Crippen LogP contribution in [-0.4, -0.2) is 34.8 Å². The largest absolute Gasteiger partial charge is 0.481 e. The van der Waals surface area contributed by atoms with Crippen LogP contribution in [0.3, 0.4) is 0 Å². The Hall–Kier alpha value is -2.44. The van der Waals surface area contributed by atoms with E-state index in [0.717, 1.165) is 23.6 Å². The second-order valence-corrected chi connectivity index (χ2v) is 6.36. The van der Waals surface area contributed by atoms with Crippen LogP contribution in [-0.2, 0) is 17.9 Å². The Morgan fingerprint density at radius 1 is 1.28 bits per heavy atom. The van der Waals surface area contributed by atoms with Gasteiger partial charge in [0.1, 0.15) is 12.4 Å². The molecule has 0 amide bonds. The molecular weight excluding hydrogens is 316 g/mol. The topological polar surface area (TPSA) is 61.2 Å². The van der Waals surface area contributed by atoms with Crippen LogP contribution in [0, 0.1) is 6.92 Å². The molecule has 130 valence electrons. The third-order valence-corrected chi connectivity index (χ3v) is 4.50. The van der Waals surface area contributed by atoms with Crippen LogP contribution in [0.4, 0.5) is 0 Å². The van der Waals surface area contributed by atoms with Crippen LogP contribution in [0.5, 0.6) is 5.88 Å². The van der Waals surface area contributed by atoms with Crippen LogP contribution in [0.15, 0.2) is 36.4 Å². The summed E-state index contributed by atoms with van der Waals surface area (Å²) in [7, 11) is 1.63. The maximum Gasteiger partial charge on any atom is 0.213 e. The van der Waals surface area contributed by atoms with E-state index in [0.29, 0.717) is 25.6 Å². The van der Waals surface area contributed by atoms with Crippen molar-refractivity contribution in [3.63, 3.8) is 0 Å². The van der Waals surface area contributed by atoms with E-state index in [9.17, 15) is 0 Å². The van der Waals surface area contributed by atoms with E-state index < -0.39 is 0 Å². The van der Waals surface area contributed by atoms with Crippen molar-refractivity contribution in [2.75, 3.05) is 20.3 Å². The molecule has 1 N–H and O–H groups in total. The van der Waals surface area contributed by atoms with Gasteiger partial charge in [-0.05, 0) is 30.7 Å². The summed E-state index contributed by atoms with van der Waals surface area (Å²) < 4.78 is 13.2. The maximum absolute atomic E-state index is 5.75. The first-order valence-corrected chi connectivity index (χ1v) is 8.50. The first-order chi connectivity index (χ1) is 12.2. The lowest BCUT2D eigenvalue weighted by Gasteiger charge is -2.26. The molecule has 0 aliphatic carbocycles. The number of aryl methyl sites for hydroxylation is 1. The van der Waals surface area contributed by atoms with Crippen molar-refractivity contribution in [1.29, 1.82) is 0 Å². The Bertz CT molecular complexity index is 890. The number of benzene rings is 1. The summed E-state index contributed by atoms with van der Waals surface area (Å²) in [4.78, 5) is 9.17. The summed E-state index contributed by atoms with van der Waals surface area (Å²) in [5.41, 5.74) is 4.40. The fourth-order valence-electron chi connectivity index (χ4n) is 3.32. The Morgan fingerprint density at radius 3 is 3.08 bits per heavy atom. The van der Waals surface area contributed by atoms with E-state index in [-0.39, 0.29) is 6.04 Å². The van der Waals surface area contributed by atoms with Gasteiger partial charge in [-0.15, -0.1) is 0 Å². The monoisotopic (exact) mass is 338 g/mol. The number of ether oxygens (including phenoxy) is 2. The molecule has 0 spiro atoms. The van der Waals surface area contributed by atoms with Crippen LogP contribution in [0.25, 0.3) is 11.0 Å². The number of rotatable bonds is 5. The summed E-state index contributed by atoms with van der Waals surface area (Å²) in [5.74, 6) is 1.64. The van der Waals surface area contributed by atoms with Gasteiger partial charge in [-0.1, -0.05) is 12.1 Å². The van der Waals surface area contributed by atoms with Gasteiger partial charge in [-0.25, -0.2) is 9.97 Å². The quantitative estimate of drug-likeness (QED) is 0.775. The van der Waals surface area contributed by atoms with E-state index in [1.54, 1.807) is 7.11 Å². The number of hydrogen-bond donors (Lipinski definition) is 1. The van der Waals surface area contributed by atoms with Gasteiger partial charge in [0.2, 0.25) is 5.88 Å². The summed E-state index contributed by atoms with van der Waals surface area (Å²) in [5, 5.41) is 3.48. The number of pyridine rings is 1. The molecule has 0 saturated heterocycles. The molecule has 6 nitrogen and oxygen atoms in total. The highest BCUT2D eigenvalue weighted by Gasteiger charge is 2.23. The molecule has 1 atom stereocenters. The summed E-state index contributed by atoms with van der Waals surface area (Å²) in [6.45, 7) is 4.83. The highest BCUT2D eigenvalue weighted by Crippen LogP contribution is 2.26. The van der Waals surface area contributed by atoms with E-state index in [1.807, 2.05) is 18.2 Å². The van der Waals surface area contributed by atoms with E-state index in [1.165, 1.54) is 11.1 Å². The van der Waals surface area contributed by atoms with E-state index in [4.69, 9.17) is 14.5 Å². The molecule has 1 unspecified atom stereocenters. The molecule has 1 aliphatic rings. The lowest BCUT2D eigenvalue weighted by molar-refractivity contribution is 0.0563. The molecule has 4 rings (SSSR count). The van der Waals surface area contributed by atoms with Crippen LogP contribution in [0.2, 0.25) is 0 Å². The Balaban J connectivity index is 1.50. The molecule has 0 fully saturated rings. The lowest BCUT2D eigenvalue weighted by atomic mass is 10.2. The second kappa shape index (κ2) is 6.82. The average molecular weight is 338 g/mol. The highest BCUT2D eigenvalue weighted by atomic mass is 16.5.